The molecule has 0 radical (unpaired) electrons. The number of piperazine rings is 1. The van der Waals surface area contributed by atoms with E-state index in [0.717, 1.165) is 18.8 Å². The van der Waals surface area contributed by atoms with E-state index in [1.165, 1.54) is 0 Å². The van der Waals surface area contributed by atoms with Gasteiger partial charge in [-0.05, 0) is 61.0 Å². The van der Waals surface area contributed by atoms with Crippen molar-refractivity contribution in [3.8, 4) is 5.75 Å². The number of ether oxygens (including phenoxy) is 2. The molecule has 0 saturated carbocycles. The van der Waals surface area contributed by atoms with Gasteiger partial charge in [0.05, 0.1) is 11.5 Å². The summed E-state index contributed by atoms with van der Waals surface area (Å²) in [5.41, 5.74) is 8.00. The van der Waals surface area contributed by atoms with Gasteiger partial charge >= 0.3 is 11.9 Å². The molecule has 1 fully saturated rings. The second-order valence-electron chi connectivity index (χ2n) is 9.11. The highest BCUT2D eigenvalue weighted by atomic mass is 16.5. The smallest absolute Gasteiger partial charge is 0.343 e. The summed E-state index contributed by atoms with van der Waals surface area (Å²) in [4.78, 5) is 41.6. The maximum atomic E-state index is 12.6. The average Bonchev–Trinajstić information content (AvgIpc) is 2.96. The minimum Gasteiger partial charge on any atom is -0.455 e. The number of carbonyl (C=O) groups excluding carboxylic acids is 3. The predicted molar refractivity (Wildman–Crippen MR) is 148 cm³/mol. The minimum absolute atomic E-state index is 0.201. The summed E-state index contributed by atoms with van der Waals surface area (Å²) in [5, 5.41) is 9.87. The molecule has 0 aliphatic carbocycles. The van der Waals surface area contributed by atoms with Crippen molar-refractivity contribution in [2.75, 3.05) is 43.0 Å². The molecule has 3 aromatic carbocycles. The number of hydrogen-bond donors (Lipinski definition) is 3. The molecule has 1 aliphatic heterocycles. The van der Waals surface area contributed by atoms with Crippen LogP contribution >= 0.6 is 0 Å². The van der Waals surface area contributed by atoms with Crippen LogP contribution in [0.2, 0.25) is 0 Å². The molecular weight excluding hydrogens is 498 g/mol. The largest absolute Gasteiger partial charge is 0.455 e. The summed E-state index contributed by atoms with van der Waals surface area (Å²) in [7, 11) is 0. The van der Waals surface area contributed by atoms with E-state index in [-0.39, 0.29) is 18.5 Å². The highest BCUT2D eigenvalue weighted by molar-refractivity contribution is 5.93. The molecule has 0 aromatic heterocycles. The molecule has 10 nitrogen and oxygen atoms in total. The maximum absolute atomic E-state index is 12.6. The number of guanidine groups is 1. The van der Waals surface area contributed by atoms with Crippen LogP contribution in [0.4, 0.5) is 11.4 Å². The Labute approximate surface area is 226 Å². The molecule has 0 spiro atoms. The van der Waals surface area contributed by atoms with Gasteiger partial charge in [-0.3, -0.25) is 15.0 Å². The number of amides is 1. The molecule has 1 amide bonds. The van der Waals surface area contributed by atoms with Crippen molar-refractivity contribution >= 4 is 35.2 Å². The van der Waals surface area contributed by atoms with E-state index in [0.29, 0.717) is 35.7 Å². The van der Waals surface area contributed by atoms with Crippen molar-refractivity contribution in [1.29, 1.82) is 5.41 Å². The van der Waals surface area contributed by atoms with Gasteiger partial charge in [0.1, 0.15) is 5.75 Å². The number of hydrogen-bond acceptors (Lipinski definition) is 7. The highest BCUT2D eigenvalue weighted by Gasteiger charge is 2.24. The van der Waals surface area contributed by atoms with E-state index in [1.807, 2.05) is 30.3 Å². The Hall–Kier alpha value is -4.86. The second kappa shape index (κ2) is 12.6. The standard InChI is InChI=1S/C29H31N5O5/c1-20(27(36)38-19-26(35)34-17-15-33(16-18-34)24-5-3-2-4-6-24)21-9-13-25(14-10-21)39-28(37)22-7-11-23(12-8-22)32-29(30)31/h2-14,20H,15-19H2,1H3,(H4,30,31,32). The summed E-state index contributed by atoms with van der Waals surface area (Å²) >= 11 is 0. The lowest BCUT2D eigenvalue weighted by atomic mass is 10.0. The molecule has 1 saturated heterocycles. The first-order valence-electron chi connectivity index (χ1n) is 12.6. The van der Waals surface area contributed by atoms with Gasteiger partial charge in [-0.2, -0.15) is 0 Å². The normalized spacial score (nSPS) is 13.8. The third-order valence-electron chi connectivity index (χ3n) is 6.44. The van der Waals surface area contributed by atoms with Crippen molar-refractivity contribution < 1.29 is 23.9 Å². The molecule has 1 aliphatic rings. The van der Waals surface area contributed by atoms with Crippen molar-refractivity contribution in [2.45, 2.75) is 12.8 Å². The van der Waals surface area contributed by atoms with Crippen molar-refractivity contribution in [1.82, 2.24) is 4.90 Å². The van der Waals surface area contributed by atoms with E-state index in [4.69, 9.17) is 20.6 Å². The quantitative estimate of drug-likeness (QED) is 0.175. The van der Waals surface area contributed by atoms with Crippen molar-refractivity contribution in [2.24, 2.45) is 5.73 Å². The molecule has 4 N–H and O–H groups in total. The molecule has 10 heteroatoms. The third kappa shape index (κ3) is 7.35. The first-order valence-corrected chi connectivity index (χ1v) is 12.6. The van der Waals surface area contributed by atoms with Gasteiger partial charge in [0.2, 0.25) is 0 Å². The van der Waals surface area contributed by atoms with Crippen molar-refractivity contribution in [3.05, 3.63) is 90.0 Å². The lowest BCUT2D eigenvalue weighted by Crippen LogP contribution is -2.50. The average molecular weight is 530 g/mol. The fraction of sp³-hybridized carbons (Fsp3) is 0.241. The first kappa shape index (κ1) is 27.2. The predicted octanol–water partition coefficient (Wildman–Crippen LogP) is 3.21. The number of nitrogens with zero attached hydrogens (tertiary/aromatic N) is 2. The van der Waals surface area contributed by atoms with Gasteiger partial charge in [-0.15, -0.1) is 0 Å². The molecule has 1 heterocycles. The lowest BCUT2D eigenvalue weighted by Gasteiger charge is -2.36. The molecular formula is C29H31N5O5. The molecule has 202 valence electrons. The van der Waals surface area contributed by atoms with Crippen LogP contribution < -0.4 is 20.7 Å². The Balaban J connectivity index is 1.23. The van der Waals surface area contributed by atoms with Crippen molar-refractivity contribution in [3.63, 3.8) is 0 Å². The number of benzene rings is 3. The summed E-state index contributed by atoms with van der Waals surface area (Å²) in [5.74, 6) is -1.75. The molecule has 0 bridgehead atoms. The van der Waals surface area contributed by atoms with Crippen LogP contribution in [0.1, 0.15) is 28.8 Å². The van der Waals surface area contributed by atoms with Crippen LogP contribution in [0, 0.1) is 5.41 Å². The van der Waals surface area contributed by atoms with Gasteiger partial charge in [0.15, 0.2) is 12.6 Å². The maximum Gasteiger partial charge on any atom is 0.343 e. The van der Waals surface area contributed by atoms with E-state index in [1.54, 1.807) is 60.4 Å². The van der Waals surface area contributed by atoms with Crippen LogP contribution in [0.15, 0.2) is 78.9 Å². The Bertz CT molecular complexity index is 1300. The van der Waals surface area contributed by atoms with Gasteiger partial charge in [0.25, 0.3) is 5.91 Å². The summed E-state index contributed by atoms with van der Waals surface area (Å²) < 4.78 is 10.7. The first-order chi connectivity index (χ1) is 18.8. The number of nitrogens with two attached hydrogens (primary N) is 1. The zero-order chi connectivity index (χ0) is 27.8. The number of carbonyl (C=O) groups is 3. The van der Waals surface area contributed by atoms with Gasteiger partial charge < -0.3 is 30.3 Å². The number of nitrogens with one attached hydrogen (secondary N) is 2. The number of para-hydroxylation sites is 1. The minimum atomic E-state index is -0.598. The Morgan fingerprint density at radius 2 is 1.56 bits per heavy atom. The highest BCUT2D eigenvalue weighted by Crippen LogP contribution is 2.22. The molecule has 1 unspecified atom stereocenters. The summed E-state index contributed by atoms with van der Waals surface area (Å²) in [6, 6.07) is 23.0. The van der Waals surface area contributed by atoms with Crippen LogP contribution in [0.25, 0.3) is 0 Å². The van der Waals surface area contributed by atoms with E-state index in [9.17, 15) is 14.4 Å². The molecule has 1 atom stereocenters. The molecule has 4 rings (SSSR count). The lowest BCUT2D eigenvalue weighted by molar-refractivity contribution is -0.153. The van der Waals surface area contributed by atoms with Gasteiger partial charge in [-0.25, -0.2) is 4.79 Å². The van der Waals surface area contributed by atoms with Gasteiger partial charge in [-0.1, -0.05) is 30.3 Å². The van der Waals surface area contributed by atoms with Crippen LogP contribution in [-0.4, -0.2) is 61.5 Å². The Kier molecular flexibility index (Phi) is 8.78. The fourth-order valence-electron chi connectivity index (χ4n) is 4.17. The molecule has 39 heavy (non-hydrogen) atoms. The Morgan fingerprint density at radius 1 is 0.923 bits per heavy atom. The number of esters is 2. The van der Waals surface area contributed by atoms with Crippen LogP contribution in [0.5, 0.6) is 5.75 Å². The zero-order valence-electron chi connectivity index (χ0n) is 21.6. The monoisotopic (exact) mass is 529 g/mol. The summed E-state index contributed by atoms with van der Waals surface area (Å²) in [6.07, 6.45) is 0. The Morgan fingerprint density at radius 3 is 2.18 bits per heavy atom. The van der Waals surface area contributed by atoms with Gasteiger partial charge in [0, 0.05) is 37.6 Å². The number of rotatable bonds is 8. The van der Waals surface area contributed by atoms with Crippen LogP contribution in [0.3, 0.4) is 0 Å². The second-order valence-corrected chi connectivity index (χ2v) is 9.11. The topological polar surface area (TPSA) is 138 Å². The van der Waals surface area contributed by atoms with E-state index < -0.39 is 17.9 Å². The fourth-order valence-corrected chi connectivity index (χ4v) is 4.17. The zero-order valence-corrected chi connectivity index (χ0v) is 21.6. The van der Waals surface area contributed by atoms with E-state index >= 15 is 0 Å². The van der Waals surface area contributed by atoms with E-state index in [2.05, 4.69) is 10.2 Å². The number of anilines is 2. The third-order valence-corrected chi connectivity index (χ3v) is 6.44. The SMILES string of the molecule is CC(C(=O)OCC(=O)N1CCN(c2ccccc2)CC1)c1ccc(OC(=O)c2ccc(NC(=N)N)cc2)cc1. The summed E-state index contributed by atoms with van der Waals surface area (Å²) in [6.45, 7) is 3.98. The molecule has 3 aromatic rings. The van der Waals surface area contributed by atoms with Crippen LogP contribution in [-0.2, 0) is 14.3 Å².